The summed E-state index contributed by atoms with van der Waals surface area (Å²) in [5, 5.41) is 20.1. The summed E-state index contributed by atoms with van der Waals surface area (Å²) in [5.74, 6) is 0.652. The normalized spacial score (nSPS) is 16.5. The lowest BCUT2D eigenvalue weighted by Crippen LogP contribution is -2.36. The summed E-state index contributed by atoms with van der Waals surface area (Å²) in [6.45, 7) is 0.947. The van der Waals surface area contributed by atoms with E-state index < -0.39 is 0 Å². The molecule has 1 saturated heterocycles. The first-order valence-electron chi connectivity index (χ1n) is 9.37. The predicted octanol–water partition coefficient (Wildman–Crippen LogP) is 2.15. The van der Waals surface area contributed by atoms with E-state index in [1.165, 1.54) is 0 Å². The number of hydrogen-bond acceptors (Lipinski definition) is 7. The molecule has 1 atom stereocenters. The number of aliphatic hydroxyl groups excluding tert-OH is 1. The average molecular weight is 417 g/mol. The van der Waals surface area contributed by atoms with Crippen molar-refractivity contribution in [2.24, 2.45) is 0 Å². The van der Waals surface area contributed by atoms with Gasteiger partial charge < -0.3 is 20.5 Å². The number of halogens is 1. The Hall–Kier alpha value is -2.91. The highest BCUT2D eigenvalue weighted by Crippen LogP contribution is 2.27. The Labute approximate surface area is 171 Å². The van der Waals surface area contributed by atoms with Crippen LogP contribution in [0.5, 0.6) is 5.75 Å². The number of likely N-dealkylation sites (tertiary alicyclic amines) is 1. The van der Waals surface area contributed by atoms with Crippen LogP contribution in [-0.4, -0.2) is 55.5 Å². The van der Waals surface area contributed by atoms with Crippen LogP contribution in [0.3, 0.4) is 0 Å². The molecule has 1 amide bonds. The molecule has 10 heteroatoms. The number of rotatable bonds is 6. The van der Waals surface area contributed by atoms with Crippen LogP contribution < -0.4 is 10.5 Å². The van der Waals surface area contributed by atoms with Crippen molar-refractivity contribution in [3.8, 4) is 5.75 Å². The minimum atomic E-state index is -0.0680. The molecule has 0 saturated carbocycles. The first-order valence-corrected chi connectivity index (χ1v) is 9.74. The highest BCUT2D eigenvalue weighted by atomic mass is 35.5. The third-order valence-electron chi connectivity index (χ3n) is 5.06. The standard InChI is InChI=1S/C19H21ClN6O3/c20-14-8-11(19(28)26-6-1-2-13(26)5-7-27)3-4-12(14)10-29-15-9-16(21)22-18-17(15)23-25-24-18/h3-4,8-9,13,27H,1-2,5-7,10H2,(H3,21,22,23,24,25)/t13-/m0/s1. The van der Waals surface area contributed by atoms with Crippen molar-refractivity contribution in [1.82, 2.24) is 25.3 Å². The van der Waals surface area contributed by atoms with Gasteiger partial charge in [0.2, 0.25) is 5.65 Å². The van der Waals surface area contributed by atoms with Crippen LogP contribution in [0.2, 0.25) is 5.02 Å². The zero-order chi connectivity index (χ0) is 20.4. The summed E-state index contributed by atoms with van der Waals surface area (Å²) >= 11 is 6.41. The molecule has 152 valence electrons. The van der Waals surface area contributed by atoms with Crippen molar-refractivity contribution in [3.05, 3.63) is 40.4 Å². The summed E-state index contributed by atoms with van der Waals surface area (Å²) in [6.07, 6.45) is 2.45. The van der Waals surface area contributed by atoms with Gasteiger partial charge in [-0.15, -0.1) is 5.10 Å². The van der Waals surface area contributed by atoms with Gasteiger partial charge in [-0.25, -0.2) is 4.98 Å². The second-order valence-corrected chi connectivity index (χ2v) is 7.35. The van der Waals surface area contributed by atoms with E-state index in [1.54, 1.807) is 24.3 Å². The summed E-state index contributed by atoms with van der Waals surface area (Å²) in [4.78, 5) is 18.7. The number of nitrogen functional groups attached to an aromatic ring is 1. The van der Waals surface area contributed by atoms with E-state index in [0.29, 0.717) is 40.5 Å². The van der Waals surface area contributed by atoms with Gasteiger partial charge in [0.25, 0.3) is 5.91 Å². The van der Waals surface area contributed by atoms with Crippen molar-refractivity contribution in [2.75, 3.05) is 18.9 Å². The molecule has 4 rings (SSSR count). The van der Waals surface area contributed by atoms with Gasteiger partial charge >= 0.3 is 0 Å². The van der Waals surface area contributed by atoms with Crippen molar-refractivity contribution in [2.45, 2.75) is 31.9 Å². The highest BCUT2D eigenvalue weighted by molar-refractivity contribution is 6.31. The molecule has 0 spiro atoms. The van der Waals surface area contributed by atoms with Crippen LogP contribution in [-0.2, 0) is 6.61 Å². The van der Waals surface area contributed by atoms with Crippen LogP contribution in [0.25, 0.3) is 11.2 Å². The largest absolute Gasteiger partial charge is 0.486 e. The first kappa shape index (κ1) is 19.4. The highest BCUT2D eigenvalue weighted by Gasteiger charge is 2.29. The van der Waals surface area contributed by atoms with E-state index in [4.69, 9.17) is 22.1 Å². The topological polar surface area (TPSA) is 130 Å². The number of carbonyl (C=O) groups excluding carboxylic acids is 1. The summed E-state index contributed by atoms with van der Waals surface area (Å²) < 4.78 is 5.82. The minimum Gasteiger partial charge on any atom is -0.486 e. The second kappa shape index (κ2) is 8.22. The fourth-order valence-electron chi connectivity index (χ4n) is 3.61. The van der Waals surface area contributed by atoms with Gasteiger partial charge in [0.1, 0.15) is 12.4 Å². The number of aromatic amines is 1. The molecule has 1 aliphatic heterocycles. The van der Waals surface area contributed by atoms with E-state index >= 15 is 0 Å². The SMILES string of the molecule is Nc1cc(OCc2ccc(C(=O)N3CCC[C@H]3CCO)cc2Cl)c2n[nH]nc2n1. The van der Waals surface area contributed by atoms with Crippen LogP contribution in [0.4, 0.5) is 5.82 Å². The van der Waals surface area contributed by atoms with Gasteiger partial charge in [-0.2, -0.15) is 10.3 Å². The Balaban J connectivity index is 1.49. The smallest absolute Gasteiger partial charge is 0.254 e. The van der Waals surface area contributed by atoms with Crippen LogP contribution in [0, 0.1) is 0 Å². The number of anilines is 1. The Bertz CT molecular complexity index is 1040. The summed E-state index contributed by atoms with van der Waals surface area (Å²) in [7, 11) is 0. The van der Waals surface area contributed by atoms with Crippen molar-refractivity contribution < 1.29 is 14.6 Å². The molecular formula is C19H21ClN6O3. The number of nitrogens with zero attached hydrogens (tertiary/aromatic N) is 4. The maximum atomic E-state index is 12.8. The molecule has 0 aliphatic carbocycles. The average Bonchev–Trinajstić information content (AvgIpc) is 3.35. The van der Waals surface area contributed by atoms with Gasteiger partial charge in [-0.1, -0.05) is 17.7 Å². The van der Waals surface area contributed by atoms with Gasteiger partial charge in [0.15, 0.2) is 11.3 Å². The number of pyridine rings is 1. The molecule has 3 heterocycles. The van der Waals surface area contributed by atoms with Crippen molar-refractivity contribution in [1.29, 1.82) is 0 Å². The molecule has 0 unspecified atom stereocenters. The maximum Gasteiger partial charge on any atom is 0.254 e. The number of hydrogen-bond donors (Lipinski definition) is 3. The maximum absolute atomic E-state index is 12.8. The molecule has 1 aliphatic rings. The van der Waals surface area contributed by atoms with Crippen LogP contribution in [0.1, 0.15) is 35.2 Å². The molecule has 29 heavy (non-hydrogen) atoms. The first-order chi connectivity index (χ1) is 14.1. The molecule has 0 radical (unpaired) electrons. The number of benzene rings is 1. The van der Waals surface area contributed by atoms with E-state index in [1.807, 2.05) is 4.90 Å². The molecule has 2 aromatic heterocycles. The quantitative estimate of drug-likeness (QED) is 0.561. The molecule has 4 N–H and O–H groups in total. The zero-order valence-electron chi connectivity index (χ0n) is 15.6. The van der Waals surface area contributed by atoms with Gasteiger partial charge in [0, 0.05) is 41.4 Å². The monoisotopic (exact) mass is 416 g/mol. The lowest BCUT2D eigenvalue weighted by Gasteiger charge is -2.24. The molecule has 1 fully saturated rings. The molecule has 1 aromatic carbocycles. The lowest BCUT2D eigenvalue weighted by atomic mass is 10.1. The van der Waals surface area contributed by atoms with Crippen LogP contribution >= 0.6 is 11.6 Å². The number of ether oxygens (including phenoxy) is 1. The fraction of sp³-hybridized carbons (Fsp3) is 0.368. The molecular weight excluding hydrogens is 396 g/mol. The number of nitrogens with one attached hydrogen (secondary N) is 1. The van der Waals surface area contributed by atoms with Crippen molar-refractivity contribution in [3.63, 3.8) is 0 Å². The van der Waals surface area contributed by atoms with E-state index in [9.17, 15) is 9.90 Å². The second-order valence-electron chi connectivity index (χ2n) is 6.94. The summed E-state index contributed by atoms with van der Waals surface area (Å²) in [5.41, 5.74) is 7.87. The predicted molar refractivity (Wildman–Crippen MR) is 108 cm³/mol. The number of aromatic nitrogens is 4. The molecule has 0 bridgehead atoms. The number of H-pyrrole nitrogens is 1. The van der Waals surface area contributed by atoms with E-state index in [-0.39, 0.29) is 31.0 Å². The number of aliphatic hydroxyl groups is 1. The van der Waals surface area contributed by atoms with Crippen LogP contribution in [0.15, 0.2) is 24.3 Å². The Kier molecular flexibility index (Phi) is 5.50. The third-order valence-corrected chi connectivity index (χ3v) is 5.41. The number of nitrogens with two attached hydrogens (primary N) is 1. The Morgan fingerprint density at radius 3 is 3.03 bits per heavy atom. The number of amides is 1. The van der Waals surface area contributed by atoms with Gasteiger partial charge in [-0.05, 0) is 31.4 Å². The third kappa shape index (κ3) is 3.96. The number of carbonyl (C=O) groups is 1. The van der Waals surface area contributed by atoms with E-state index in [2.05, 4.69) is 20.4 Å². The number of fused-ring (bicyclic) bond motifs is 1. The Morgan fingerprint density at radius 1 is 1.38 bits per heavy atom. The van der Waals surface area contributed by atoms with Gasteiger partial charge in [0.05, 0.1) is 0 Å². The molecule has 9 nitrogen and oxygen atoms in total. The fourth-order valence-corrected chi connectivity index (χ4v) is 3.84. The summed E-state index contributed by atoms with van der Waals surface area (Å²) in [6, 6.07) is 6.83. The van der Waals surface area contributed by atoms with Gasteiger partial charge in [-0.3, -0.25) is 4.79 Å². The Morgan fingerprint density at radius 2 is 2.24 bits per heavy atom. The van der Waals surface area contributed by atoms with E-state index in [0.717, 1.165) is 18.4 Å². The molecule has 3 aromatic rings. The van der Waals surface area contributed by atoms with Crippen molar-refractivity contribution >= 4 is 34.5 Å². The lowest BCUT2D eigenvalue weighted by molar-refractivity contribution is 0.0716. The minimum absolute atomic E-state index is 0.0680. The zero-order valence-corrected chi connectivity index (χ0v) is 16.4.